The highest BCUT2D eigenvalue weighted by molar-refractivity contribution is 9.10. The van der Waals surface area contributed by atoms with Crippen molar-refractivity contribution in [2.75, 3.05) is 18.9 Å². The van der Waals surface area contributed by atoms with Gasteiger partial charge in [0.2, 0.25) is 0 Å². The average molecular weight is 467 g/mol. The van der Waals surface area contributed by atoms with Crippen LogP contribution in [0.3, 0.4) is 0 Å². The molecule has 0 aromatic heterocycles. The molecule has 7 heteroatoms. The highest BCUT2D eigenvalue weighted by atomic mass is 79.9. The lowest BCUT2D eigenvalue weighted by Crippen LogP contribution is -2.08. The molecule has 4 nitrogen and oxygen atoms in total. The van der Waals surface area contributed by atoms with Gasteiger partial charge in [-0.05, 0) is 35.4 Å². The Bertz CT molecular complexity index is 982. The predicted molar refractivity (Wildman–Crippen MR) is 114 cm³/mol. The highest BCUT2D eigenvalue weighted by Gasteiger charge is 2.17. The number of anilines is 1. The zero-order chi connectivity index (χ0) is 19.4. The normalized spacial score (nSPS) is 11.7. The minimum atomic E-state index is -1.61. The molecular formula is C20H17BrClNO3S. The van der Waals surface area contributed by atoms with Crippen LogP contribution in [0, 0.1) is 0 Å². The molecule has 0 aliphatic heterocycles. The van der Waals surface area contributed by atoms with Crippen LogP contribution in [0.2, 0.25) is 5.02 Å². The lowest BCUT2D eigenvalue weighted by atomic mass is 10.1. The van der Waals surface area contributed by atoms with Gasteiger partial charge in [-0.15, -0.1) is 0 Å². The van der Waals surface area contributed by atoms with E-state index in [1.54, 1.807) is 19.2 Å². The summed E-state index contributed by atoms with van der Waals surface area (Å²) in [5.41, 5.74) is 2.64. The Balaban J connectivity index is 1.99. The molecular weight excluding hydrogens is 450 g/mol. The van der Waals surface area contributed by atoms with Gasteiger partial charge in [0.05, 0.1) is 24.9 Å². The summed E-state index contributed by atoms with van der Waals surface area (Å²) in [4.78, 5) is 0.434. The van der Waals surface area contributed by atoms with Gasteiger partial charge in [-0.2, -0.15) is 0 Å². The van der Waals surface area contributed by atoms with Crippen LogP contribution in [-0.4, -0.2) is 18.4 Å². The van der Waals surface area contributed by atoms with E-state index in [0.717, 1.165) is 11.1 Å². The molecule has 1 atom stereocenters. The zero-order valence-electron chi connectivity index (χ0n) is 14.7. The molecule has 0 aliphatic rings. The first kappa shape index (κ1) is 19.7. The molecule has 0 spiro atoms. The quantitative estimate of drug-likeness (QED) is 0.490. The van der Waals surface area contributed by atoms with Gasteiger partial charge < -0.3 is 9.47 Å². The number of benzene rings is 3. The van der Waals surface area contributed by atoms with Crippen molar-refractivity contribution >= 4 is 44.2 Å². The van der Waals surface area contributed by atoms with Crippen molar-refractivity contribution in [1.29, 1.82) is 0 Å². The van der Waals surface area contributed by atoms with Gasteiger partial charge in [0.1, 0.15) is 10.6 Å². The molecule has 0 radical (unpaired) electrons. The number of hydrogen-bond acceptors (Lipinski definition) is 3. The Morgan fingerprint density at radius 1 is 0.963 bits per heavy atom. The van der Waals surface area contributed by atoms with E-state index in [1.807, 2.05) is 48.5 Å². The minimum Gasteiger partial charge on any atom is -0.495 e. The fourth-order valence-corrected chi connectivity index (χ4v) is 4.78. The van der Waals surface area contributed by atoms with Crippen LogP contribution in [-0.2, 0) is 11.0 Å². The summed E-state index contributed by atoms with van der Waals surface area (Å²) in [5.74, 6) is 0.951. The minimum absolute atomic E-state index is 0.365. The topological polar surface area (TPSA) is 47.6 Å². The van der Waals surface area contributed by atoms with Gasteiger partial charge in [0.25, 0.3) is 0 Å². The molecule has 0 bridgehead atoms. The third kappa shape index (κ3) is 4.46. The van der Waals surface area contributed by atoms with Gasteiger partial charge >= 0.3 is 0 Å². The van der Waals surface area contributed by atoms with E-state index in [1.165, 1.54) is 7.11 Å². The number of ether oxygens (including phenoxy) is 2. The Hall–Kier alpha value is -2.02. The molecule has 1 unspecified atom stereocenters. The van der Waals surface area contributed by atoms with Crippen LogP contribution >= 0.6 is 27.5 Å². The molecule has 3 aromatic rings. The molecule has 1 N–H and O–H groups in total. The number of methoxy groups -OCH3 is 2. The summed E-state index contributed by atoms with van der Waals surface area (Å²) in [6.45, 7) is 0. The summed E-state index contributed by atoms with van der Waals surface area (Å²) in [6.07, 6.45) is 0. The first-order chi connectivity index (χ1) is 13.0. The summed E-state index contributed by atoms with van der Waals surface area (Å²) in [6, 6.07) is 19.0. The van der Waals surface area contributed by atoms with Crippen LogP contribution in [0.1, 0.15) is 0 Å². The molecule has 0 heterocycles. The first-order valence-electron chi connectivity index (χ1n) is 7.98. The van der Waals surface area contributed by atoms with Crippen molar-refractivity contribution in [2.45, 2.75) is 4.90 Å². The lowest BCUT2D eigenvalue weighted by molar-refractivity contribution is 0.404. The summed E-state index contributed by atoms with van der Waals surface area (Å²) >= 11 is 9.58. The van der Waals surface area contributed by atoms with Crippen LogP contribution in [0.4, 0.5) is 5.69 Å². The fraction of sp³-hybridized carbons (Fsp3) is 0.100. The number of hydrogen-bond donors (Lipinski definition) is 1. The standard InChI is InChI=1S/C20H17BrClNO3S/c1-25-18-9-8-14(13-6-4-3-5-7-13)10-17(18)23-27(24)19-12-15(21)11-16(22)20(19)26-2/h3-12,23H,1-2H3. The van der Waals surface area contributed by atoms with Crippen molar-refractivity contribution in [2.24, 2.45) is 0 Å². The predicted octanol–water partition coefficient (Wildman–Crippen LogP) is 5.92. The summed E-state index contributed by atoms with van der Waals surface area (Å²) in [7, 11) is 1.45. The van der Waals surface area contributed by atoms with E-state index in [2.05, 4.69) is 20.7 Å². The van der Waals surface area contributed by atoms with Gasteiger partial charge in [-0.1, -0.05) is 63.9 Å². The maximum absolute atomic E-state index is 13.0. The number of nitrogens with one attached hydrogen (secondary N) is 1. The van der Waals surface area contributed by atoms with E-state index in [-0.39, 0.29) is 0 Å². The van der Waals surface area contributed by atoms with E-state index in [0.29, 0.717) is 31.6 Å². The Morgan fingerprint density at radius 3 is 2.37 bits per heavy atom. The molecule has 0 aliphatic carbocycles. The molecule has 3 aromatic carbocycles. The van der Waals surface area contributed by atoms with Crippen LogP contribution in [0.25, 0.3) is 11.1 Å². The van der Waals surface area contributed by atoms with E-state index in [9.17, 15) is 4.21 Å². The maximum atomic E-state index is 13.0. The monoisotopic (exact) mass is 465 g/mol. The van der Waals surface area contributed by atoms with E-state index in [4.69, 9.17) is 21.1 Å². The van der Waals surface area contributed by atoms with Crippen LogP contribution < -0.4 is 14.2 Å². The SMILES string of the molecule is COc1ccc(-c2ccccc2)cc1NS(=O)c1cc(Br)cc(Cl)c1OC. The van der Waals surface area contributed by atoms with Crippen molar-refractivity contribution in [3.05, 3.63) is 70.2 Å². The second kappa shape index (κ2) is 8.78. The van der Waals surface area contributed by atoms with Crippen molar-refractivity contribution in [3.8, 4) is 22.6 Å². The summed E-state index contributed by atoms with van der Waals surface area (Å²) in [5, 5.41) is 0.377. The lowest BCUT2D eigenvalue weighted by Gasteiger charge is -2.15. The number of rotatable bonds is 6. The first-order valence-corrected chi connectivity index (χ1v) is 10.3. The molecule has 0 saturated heterocycles. The van der Waals surface area contributed by atoms with Crippen molar-refractivity contribution in [3.63, 3.8) is 0 Å². The van der Waals surface area contributed by atoms with Gasteiger partial charge in [-0.3, -0.25) is 4.72 Å². The fourth-order valence-electron chi connectivity index (χ4n) is 2.63. The Labute approximate surface area is 174 Å². The third-order valence-corrected chi connectivity index (χ3v) is 5.73. The van der Waals surface area contributed by atoms with E-state index >= 15 is 0 Å². The Morgan fingerprint density at radius 2 is 1.70 bits per heavy atom. The molecule has 0 fully saturated rings. The van der Waals surface area contributed by atoms with Crippen molar-refractivity contribution < 1.29 is 13.7 Å². The van der Waals surface area contributed by atoms with Crippen LogP contribution in [0.15, 0.2) is 70.0 Å². The second-order valence-corrected chi connectivity index (χ2v) is 8.08. The maximum Gasteiger partial charge on any atom is 0.155 e. The van der Waals surface area contributed by atoms with Crippen molar-refractivity contribution in [1.82, 2.24) is 0 Å². The Kier molecular flexibility index (Phi) is 6.42. The highest BCUT2D eigenvalue weighted by Crippen LogP contribution is 2.36. The number of halogens is 2. The van der Waals surface area contributed by atoms with Gasteiger partial charge in [0, 0.05) is 4.47 Å². The largest absolute Gasteiger partial charge is 0.495 e. The third-order valence-electron chi connectivity index (χ3n) is 3.89. The zero-order valence-corrected chi connectivity index (χ0v) is 17.8. The second-order valence-electron chi connectivity index (χ2n) is 5.57. The molecule has 0 saturated carbocycles. The van der Waals surface area contributed by atoms with E-state index < -0.39 is 11.0 Å². The molecule has 3 rings (SSSR count). The van der Waals surface area contributed by atoms with Crippen LogP contribution in [0.5, 0.6) is 11.5 Å². The average Bonchev–Trinajstić information content (AvgIpc) is 2.68. The molecule has 140 valence electrons. The molecule has 27 heavy (non-hydrogen) atoms. The molecule has 0 amide bonds. The van der Waals surface area contributed by atoms with Gasteiger partial charge in [0.15, 0.2) is 16.7 Å². The van der Waals surface area contributed by atoms with Gasteiger partial charge in [-0.25, -0.2) is 4.21 Å². The summed E-state index contributed by atoms with van der Waals surface area (Å²) < 4.78 is 27.5. The smallest absolute Gasteiger partial charge is 0.155 e.